The zero-order valence-electron chi connectivity index (χ0n) is 15.7. The summed E-state index contributed by atoms with van der Waals surface area (Å²) >= 11 is 2.69. The van der Waals surface area contributed by atoms with Crippen molar-refractivity contribution in [3.05, 3.63) is 48.8 Å². The summed E-state index contributed by atoms with van der Waals surface area (Å²) in [6, 6.07) is 13.2. The maximum Gasteiger partial charge on any atom is 0.236 e. The van der Waals surface area contributed by atoms with Gasteiger partial charge in [0.1, 0.15) is 17.8 Å². The monoisotopic (exact) mass is 427 g/mol. The summed E-state index contributed by atoms with van der Waals surface area (Å²) < 4.78 is 13.4. The van der Waals surface area contributed by atoms with Crippen LogP contribution in [-0.4, -0.2) is 45.6 Å². The molecule has 0 atom stereocenters. The molecular formula is C19H17N5O3S2. The molecule has 0 unspecified atom stereocenters. The quantitative estimate of drug-likeness (QED) is 0.450. The lowest BCUT2D eigenvalue weighted by atomic mass is 10.3. The molecule has 0 spiro atoms. The van der Waals surface area contributed by atoms with Crippen molar-refractivity contribution in [2.24, 2.45) is 0 Å². The fourth-order valence-electron chi connectivity index (χ4n) is 2.69. The number of amides is 1. The molecule has 0 aliphatic carbocycles. The second-order valence-corrected chi connectivity index (χ2v) is 7.82. The molecule has 2 heterocycles. The molecule has 1 N–H and O–H groups in total. The van der Waals surface area contributed by atoms with Crippen LogP contribution in [0.5, 0.6) is 11.5 Å². The van der Waals surface area contributed by atoms with E-state index < -0.39 is 0 Å². The molecule has 0 fully saturated rings. The fraction of sp³-hybridized carbons (Fsp3) is 0.158. The standard InChI is InChI=1S/C19H17N5O3S2/c1-26-12-7-8-13-16(9-12)29-18(21-13)22-17(25)10-28-19-23-20-11-24(19)14-5-3-4-6-15(14)27-2/h3-9,11H,10H2,1-2H3,(H,21,22,25). The van der Waals surface area contributed by atoms with Gasteiger partial charge in [-0.15, -0.1) is 10.2 Å². The molecule has 10 heteroatoms. The van der Waals surface area contributed by atoms with E-state index in [-0.39, 0.29) is 11.7 Å². The van der Waals surface area contributed by atoms with Crippen LogP contribution in [0.15, 0.2) is 53.9 Å². The Morgan fingerprint density at radius 2 is 2.07 bits per heavy atom. The van der Waals surface area contributed by atoms with Gasteiger partial charge in [-0.05, 0) is 30.3 Å². The van der Waals surface area contributed by atoms with Crippen LogP contribution in [0.1, 0.15) is 0 Å². The summed E-state index contributed by atoms with van der Waals surface area (Å²) in [5.41, 5.74) is 1.62. The highest BCUT2D eigenvalue weighted by Gasteiger charge is 2.14. The number of nitrogens with zero attached hydrogens (tertiary/aromatic N) is 4. The summed E-state index contributed by atoms with van der Waals surface area (Å²) in [7, 11) is 3.23. The predicted molar refractivity (Wildman–Crippen MR) is 113 cm³/mol. The summed E-state index contributed by atoms with van der Waals surface area (Å²) in [6.45, 7) is 0. The summed E-state index contributed by atoms with van der Waals surface area (Å²) in [4.78, 5) is 16.8. The minimum Gasteiger partial charge on any atom is -0.497 e. The molecule has 0 saturated heterocycles. The van der Waals surface area contributed by atoms with E-state index in [2.05, 4.69) is 20.5 Å². The van der Waals surface area contributed by atoms with E-state index in [1.165, 1.54) is 23.1 Å². The number of hydrogen-bond acceptors (Lipinski definition) is 8. The summed E-state index contributed by atoms with van der Waals surface area (Å²) in [5, 5.41) is 12.1. The van der Waals surface area contributed by atoms with Gasteiger partial charge in [0, 0.05) is 0 Å². The van der Waals surface area contributed by atoms with Crippen molar-refractivity contribution in [1.82, 2.24) is 19.7 Å². The Morgan fingerprint density at radius 3 is 2.90 bits per heavy atom. The smallest absolute Gasteiger partial charge is 0.236 e. The van der Waals surface area contributed by atoms with Crippen LogP contribution in [0.3, 0.4) is 0 Å². The van der Waals surface area contributed by atoms with Crippen LogP contribution in [-0.2, 0) is 4.79 Å². The molecule has 0 bridgehead atoms. The Balaban J connectivity index is 1.44. The normalized spacial score (nSPS) is 10.8. The van der Waals surface area contributed by atoms with Crippen LogP contribution < -0.4 is 14.8 Å². The van der Waals surface area contributed by atoms with Crippen molar-refractivity contribution in [2.75, 3.05) is 25.3 Å². The van der Waals surface area contributed by atoms with Crippen molar-refractivity contribution in [3.63, 3.8) is 0 Å². The zero-order valence-corrected chi connectivity index (χ0v) is 17.3. The molecular weight excluding hydrogens is 410 g/mol. The number of thioether (sulfide) groups is 1. The molecule has 4 aromatic rings. The highest BCUT2D eigenvalue weighted by Crippen LogP contribution is 2.30. The third-order valence-corrected chi connectivity index (χ3v) is 5.91. The van der Waals surface area contributed by atoms with Crippen molar-refractivity contribution < 1.29 is 14.3 Å². The Bertz CT molecular complexity index is 1160. The number of benzene rings is 2. The first kappa shape index (κ1) is 19.2. The van der Waals surface area contributed by atoms with Crippen LogP contribution in [0.2, 0.25) is 0 Å². The maximum atomic E-state index is 12.4. The molecule has 1 amide bonds. The third-order valence-electron chi connectivity index (χ3n) is 4.04. The topological polar surface area (TPSA) is 91.2 Å². The lowest BCUT2D eigenvalue weighted by Gasteiger charge is -2.10. The van der Waals surface area contributed by atoms with Crippen molar-refractivity contribution in [3.8, 4) is 17.2 Å². The number of carbonyl (C=O) groups is 1. The molecule has 2 aromatic heterocycles. The Labute approximate surface area is 174 Å². The van der Waals surface area contributed by atoms with Gasteiger partial charge in [0.2, 0.25) is 5.91 Å². The SMILES string of the molecule is COc1ccc2nc(NC(=O)CSc3nncn3-c3ccccc3OC)sc2c1. The van der Waals surface area contributed by atoms with Crippen LogP contribution >= 0.6 is 23.1 Å². The second-order valence-electron chi connectivity index (χ2n) is 5.84. The van der Waals surface area contributed by atoms with Crippen LogP contribution in [0.4, 0.5) is 5.13 Å². The van der Waals surface area contributed by atoms with E-state index in [4.69, 9.17) is 9.47 Å². The Hall–Kier alpha value is -3.11. The number of carbonyl (C=O) groups excluding carboxylic acids is 1. The molecule has 2 aromatic carbocycles. The minimum atomic E-state index is -0.171. The van der Waals surface area contributed by atoms with Crippen molar-refractivity contribution in [1.29, 1.82) is 0 Å². The van der Waals surface area contributed by atoms with Gasteiger partial charge in [0.05, 0.1) is 35.9 Å². The molecule has 0 saturated carbocycles. The highest BCUT2D eigenvalue weighted by molar-refractivity contribution is 7.99. The number of thiazole rings is 1. The molecule has 0 aliphatic rings. The van der Waals surface area contributed by atoms with E-state index in [1.54, 1.807) is 25.1 Å². The predicted octanol–water partition coefficient (Wildman–Crippen LogP) is 3.63. The summed E-state index contributed by atoms with van der Waals surface area (Å²) in [6.07, 6.45) is 1.60. The molecule has 4 rings (SSSR count). The van der Waals surface area contributed by atoms with Gasteiger partial charge in [-0.3, -0.25) is 9.36 Å². The average Bonchev–Trinajstić information content (AvgIpc) is 3.37. The Morgan fingerprint density at radius 1 is 1.21 bits per heavy atom. The Kier molecular flexibility index (Phi) is 5.63. The molecule has 0 aliphatic heterocycles. The lowest BCUT2D eigenvalue weighted by Crippen LogP contribution is -2.14. The van der Waals surface area contributed by atoms with Crippen LogP contribution in [0.25, 0.3) is 15.9 Å². The highest BCUT2D eigenvalue weighted by atomic mass is 32.2. The number of para-hydroxylation sites is 2. The van der Waals surface area contributed by atoms with E-state index in [9.17, 15) is 4.79 Å². The van der Waals surface area contributed by atoms with Gasteiger partial charge >= 0.3 is 0 Å². The van der Waals surface area contributed by atoms with E-state index >= 15 is 0 Å². The van der Waals surface area contributed by atoms with E-state index in [0.29, 0.717) is 16.0 Å². The van der Waals surface area contributed by atoms with Crippen molar-refractivity contribution >= 4 is 44.4 Å². The van der Waals surface area contributed by atoms with Gasteiger partial charge in [0.15, 0.2) is 10.3 Å². The van der Waals surface area contributed by atoms with Crippen LogP contribution in [0, 0.1) is 0 Å². The first-order valence-electron chi connectivity index (χ1n) is 8.58. The number of anilines is 1. The number of ether oxygens (including phenoxy) is 2. The number of rotatable bonds is 7. The number of nitrogens with one attached hydrogen (secondary N) is 1. The average molecular weight is 428 g/mol. The largest absolute Gasteiger partial charge is 0.497 e. The molecule has 8 nitrogen and oxygen atoms in total. The second kappa shape index (κ2) is 8.50. The first-order chi connectivity index (χ1) is 14.2. The fourth-order valence-corrected chi connectivity index (χ4v) is 4.32. The number of fused-ring (bicyclic) bond motifs is 1. The van der Waals surface area contributed by atoms with Gasteiger partial charge in [-0.2, -0.15) is 0 Å². The molecule has 29 heavy (non-hydrogen) atoms. The minimum absolute atomic E-state index is 0.171. The van der Waals surface area contributed by atoms with Crippen molar-refractivity contribution in [2.45, 2.75) is 5.16 Å². The van der Waals surface area contributed by atoms with Gasteiger partial charge in [-0.1, -0.05) is 35.2 Å². The molecule has 148 valence electrons. The van der Waals surface area contributed by atoms with E-state index in [1.807, 2.05) is 42.5 Å². The number of hydrogen-bond donors (Lipinski definition) is 1. The number of methoxy groups -OCH3 is 2. The third kappa shape index (κ3) is 4.17. The maximum absolute atomic E-state index is 12.4. The van der Waals surface area contributed by atoms with Gasteiger partial charge in [-0.25, -0.2) is 4.98 Å². The number of aromatic nitrogens is 4. The molecule has 0 radical (unpaired) electrons. The zero-order chi connectivity index (χ0) is 20.2. The van der Waals surface area contributed by atoms with E-state index in [0.717, 1.165) is 21.7 Å². The summed E-state index contributed by atoms with van der Waals surface area (Å²) in [5.74, 6) is 1.46. The lowest BCUT2D eigenvalue weighted by molar-refractivity contribution is -0.113. The van der Waals surface area contributed by atoms with Gasteiger partial charge < -0.3 is 14.8 Å². The first-order valence-corrected chi connectivity index (χ1v) is 10.4. The van der Waals surface area contributed by atoms with Gasteiger partial charge in [0.25, 0.3) is 0 Å².